The fourth-order valence-electron chi connectivity index (χ4n) is 3.96. The molecule has 31 heavy (non-hydrogen) atoms. The van der Waals surface area contributed by atoms with E-state index in [0.717, 1.165) is 6.42 Å². The summed E-state index contributed by atoms with van der Waals surface area (Å²) in [6, 6.07) is 29.5. The standard InChI is InChI=1S/C26H26N2O2S/c29-25(24-18-31-19-28(24)26(30)22-14-8-3-9-15-22)27-17-16-23(20-10-4-1-5-11-20)21-12-6-2-7-13-21/h1-15,23-24H,16-19H2,(H,27,29). The van der Waals surface area contributed by atoms with Gasteiger partial charge < -0.3 is 10.2 Å². The van der Waals surface area contributed by atoms with Gasteiger partial charge in [-0.3, -0.25) is 9.59 Å². The van der Waals surface area contributed by atoms with Crippen molar-refractivity contribution in [2.24, 2.45) is 0 Å². The maximum Gasteiger partial charge on any atom is 0.255 e. The molecule has 3 aromatic carbocycles. The number of amides is 2. The van der Waals surface area contributed by atoms with Crippen LogP contribution in [0.25, 0.3) is 0 Å². The van der Waals surface area contributed by atoms with Gasteiger partial charge in [0.05, 0.1) is 5.88 Å². The topological polar surface area (TPSA) is 49.4 Å². The van der Waals surface area contributed by atoms with Crippen molar-refractivity contribution in [3.8, 4) is 0 Å². The van der Waals surface area contributed by atoms with Gasteiger partial charge in [0.2, 0.25) is 5.91 Å². The van der Waals surface area contributed by atoms with Gasteiger partial charge in [0.1, 0.15) is 6.04 Å². The molecule has 4 nitrogen and oxygen atoms in total. The van der Waals surface area contributed by atoms with E-state index < -0.39 is 6.04 Å². The van der Waals surface area contributed by atoms with Crippen LogP contribution in [-0.2, 0) is 4.79 Å². The fourth-order valence-corrected chi connectivity index (χ4v) is 5.11. The minimum absolute atomic E-state index is 0.0749. The number of carbonyl (C=O) groups is 2. The van der Waals surface area contributed by atoms with E-state index in [1.807, 2.05) is 54.6 Å². The van der Waals surface area contributed by atoms with Crippen molar-refractivity contribution in [1.82, 2.24) is 10.2 Å². The molecule has 1 N–H and O–H groups in total. The van der Waals surface area contributed by atoms with Crippen LogP contribution in [-0.4, -0.2) is 40.9 Å². The van der Waals surface area contributed by atoms with Crippen molar-refractivity contribution in [2.75, 3.05) is 18.2 Å². The first-order chi connectivity index (χ1) is 15.2. The summed E-state index contributed by atoms with van der Waals surface area (Å²) in [4.78, 5) is 27.5. The van der Waals surface area contributed by atoms with E-state index in [4.69, 9.17) is 0 Å². The van der Waals surface area contributed by atoms with Crippen LogP contribution in [0.1, 0.15) is 33.8 Å². The van der Waals surface area contributed by atoms with Gasteiger partial charge in [-0.2, -0.15) is 0 Å². The van der Waals surface area contributed by atoms with Gasteiger partial charge in [-0.05, 0) is 29.7 Å². The van der Waals surface area contributed by atoms with E-state index in [1.165, 1.54) is 11.1 Å². The van der Waals surface area contributed by atoms with Crippen LogP contribution in [0.15, 0.2) is 91.0 Å². The van der Waals surface area contributed by atoms with Gasteiger partial charge in [-0.1, -0.05) is 78.9 Å². The molecule has 0 saturated carbocycles. The van der Waals surface area contributed by atoms with Crippen LogP contribution in [0.4, 0.5) is 0 Å². The Kier molecular flexibility index (Phi) is 7.05. The van der Waals surface area contributed by atoms with Crippen LogP contribution < -0.4 is 5.32 Å². The molecule has 5 heteroatoms. The van der Waals surface area contributed by atoms with Gasteiger partial charge in [-0.25, -0.2) is 0 Å². The van der Waals surface area contributed by atoms with E-state index in [1.54, 1.807) is 28.8 Å². The summed E-state index contributed by atoms with van der Waals surface area (Å²) in [6.07, 6.45) is 0.798. The highest BCUT2D eigenvalue weighted by atomic mass is 32.2. The van der Waals surface area contributed by atoms with Crippen molar-refractivity contribution >= 4 is 23.6 Å². The zero-order valence-corrected chi connectivity index (χ0v) is 18.1. The molecule has 1 heterocycles. The lowest BCUT2D eigenvalue weighted by Gasteiger charge is -2.24. The summed E-state index contributed by atoms with van der Waals surface area (Å²) in [5, 5.41) is 3.08. The van der Waals surface area contributed by atoms with Crippen LogP contribution in [0.5, 0.6) is 0 Å². The molecule has 1 aliphatic heterocycles. The Morgan fingerprint density at radius 1 is 0.871 bits per heavy atom. The molecule has 0 spiro atoms. The van der Waals surface area contributed by atoms with Crippen LogP contribution in [0.3, 0.4) is 0 Å². The third-order valence-electron chi connectivity index (χ3n) is 5.60. The lowest BCUT2D eigenvalue weighted by molar-refractivity contribution is -0.124. The highest BCUT2D eigenvalue weighted by Gasteiger charge is 2.35. The van der Waals surface area contributed by atoms with Crippen LogP contribution in [0, 0.1) is 0 Å². The summed E-state index contributed by atoms with van der Waals surface area (Å²) < 4.78 is 0. The number of hydrogen-bond donors (Lipinski definition) is 1. The monoisotopic (exact) mass is 430 g/mol. The summed E-state index contributed by atoms with van der Waals surface area (Å²) in [5.74, 6) is 1.22. The number of benzene rings is 3. The molecule has 1 aliphatic rings. The molecule has 1 atom stereocenters. The Balaban J connectivity index is 1.40. The second-order valence-electron chi connectivity index (χ2n) is 7.61. The number of rotatable bonds is 7. The smallest absolute Gasteiger partial charge is 0.255 e. The quantitative estimate of drug-likeness (QED) is 0.599. The van der Waals surface area contributed by atoms with Crippen molar-refractivity contribution in [1.29, 1.82) is 0 Å². The number of nitrogens with one attached hydrogen (secondary N) is 1. The number of thioether (sulfide) groups is 1. The zero-order chi connectivity index (χ0) is 21.5. The molecule has 3 aromatic rings. The molecular formula is C26H26N2O2S. The molecule has 1 saturated heterocycles. The highest BCUT2D eigenvalue weighted by Crippen LogP contribution is 2.28. The van der Waals surface area contributed by atoms with Crippen molar-refractivity contribution < 1.29 is 9.59 Å². The summed E-state index contributed by atoms with van der Waals surface area (Å²) in [6.45, 7) is 0.557. The first-order valence-corrected chi connectivity index (χ1v) is 11.7. The number of hydrogen-bond acceptors (Lipinski definition) is 3. The van der Waals surface area contributed by atoms with Crippen molar-refractivity contribution in [3.05, 3.63) is 108 Å². The molecule has 0 radical (unpaired) electrons. The molecule has 2 amide bonds. The Morgan fingerprint density at radius 2 is 1.42 bits per heavy atom. The van der Waals surface area contributed by atoms with Gasteiger partial charge in [-0.15, -0.1) is 11.8 Å². The van der Waals surface area contributed by atoms with Gasteiger partial charge in [0.25, 0.3) is 5.91 Å². The third-order valence-corrected chi connectivity index (χ3v) is 6.61. The molecule has 4 rings (SSSR count). The van der Waals surface area contributed by atoms with Crippen molar-refractivity contribution in [3.63, 3.8) is 0 Å². The Hall–Kier alpha value is -3.05. The SMILES string of the molecule is O=C(NCCC(c1ccccc1)c1ccccc1)C1CSCN1C(=O)c1ccccc1. The molecule has 0 aromatic heterocycles. The average molecular weight is 431 g/mol. The van der Waals surface area contributed by atoms with E-state index >= 15 is 0 Å². The molecule has 1 fully saturated rings. The zero-order valence-electron chi connectivity index (χ0n) is 17.3. The second-order valence-corrected chi connectivity index (χ2v) is 8.61. The maximum absolute atomic E-state index is 12.9. The maximum atomic E-state index is 12.9. The Labute approximate surface area is 187 Å². The van der Waals surface area contributed by atoms with Crippen molar-refractivity contribution in [2.45, 2.75) is 18.4 Å². The highest BCUT2D eigenvalue weighted by molar-refractivity contribution is 7.99. The summed E-state index contributed by atoms with van der Waals surface area (Å²) in [7, 11) is 0. The first kappa shape index (κ1) is 21.2. The molecule has 158 valence electrons. The average Bonchev–Trinajstić information content (AvgIpc) is 3.33. The predicted octanol–water partition coefficient (Wildman–Crippen LogP) is 4.54. The van der Waals surface area contributed by atoms with Crippen LogP contribution in [0.2, 0.25) is 0 Å². The van der Waals surface area contributed by atoms with E-state index in [9.17, 15) is 9.59 Å². The lowest BCUT2D eigenvalue weighted by atomic mass is 9.88. The first-order valence-electron chi connectivity index (χ1n) is 10.6. The number of nitrogens with zero attached hydrogens (tertiary/aromatic N) is 1. The minimum atomic E-state index is -0.426. The molecule has 0 bridgehead atoms. The Bertz CT molecular complexity index is 956. The van der Waals surface area contributed by atoms with E-state index in [0.29, 0.717) is 23.7 Å². The predicted molar refractivity (Wildman–Crippen MR) is 126 cm³/mol. The van der Waals surface area contributed by atoms with Crippen LogP contribution >= 0.6 is 11.8 Å². The molecular weight excluding hydrogens is 404 g/mol. The second kappa shape index (κ2) is 10.3. The van der Waals surface area contributed by atoms with Gasteiger partial charge in [0, 0.05) is 23.8 Å². The molecule has 0 aliphatic carbocycles. The lowest BCUT2D eigenvalue weighted by Crippen LogP contribution is -2.47. The van der Waals surface area contributed by atoms with E-state index in [2.05, 4.69) is 29.6 Å². The summed E-state index contributed by atoms with van der Waals surface area (Å²) in [5.41, 5.74) is 3.09. The summed E-state index contributed by atoms with van der Waals surface area (Å²) >= 11 is 1.62. The molecule has 1 unspecified atom stereocenters. The largest absolute Gasteiger partial charge is 0.354 e. The van der Waals surface area contributed by atoms with Gasteiger partial charge in [0.15, 0.2) is 0 Å². The van der Waals surface area contributed by atoms with Gasteiger partial charge >= 0.3 is 0 Å². The normalized spacial score (nSPS) is 15.8. The number of carbonyl (C=O) groups excluding carboxylic acids is 2. The van der Waals surface area contributed by atoms with E-state index in [-0.39, 0.29) is 17.7 Å². The fraction of sp³-hybridized carbons (Fsp3) is 0.231. The Morgan fingerprint density at radius 3 is 2.00 bits per heavy atom. The minimum Gasteiger partial charge on any atom is -0.354 e. The third kappa shape index (κ3) is 5.17.